The van der Waals surface area contributed by atoms with Crippen molar-refractivity contribution in [3.8, 4) is 0 Å². The Balaban J connectivity index is 2.76. The molecule has 0 amide bonds. The summed E-state index contributed by atoms with van der Waals surface area (Å²) in [5.41, 5.74) is 10.1. The normalized spacial score (nSPS) is 14.1. The molecule has 0 aliphatic carbocycles. The Morgan fingerprint density at radius 3 is 2.60 bits per heavy atom. The molecule has 1 rings (SSSR count). The van der Waals surface area contributed by atoms with Crippen LogP contribution in [0.5, 0.6) is 0 Å². The van der Waals surface area contributed by atoms with Crippen molar-refractivity contribution in [3.63, 3.8) is 0 Å². The highest BCUT2D eigenvalue weighted by atomic mass is 32.2. The molecule has 0 fully saturated rings. The van der Waals surface area contributed by atoms with Gasteiger partial charge in [0.15, 0.2) is 0 Å². The highest BCUT2D eigenvalue weighted by molar-refractivity contribution is 7.98. The molecule has 0 aromatic heterocycles. The van der Waals surface area contributed by atoms with Crippen LogP contribution in [0.4, 0.5) is 5.69 Å². The summed E-state index contributed by atoms with van der Waals surface area (Å²) in [4.78, 5) is 2.40. The van der Waals surface area contributed by atoms with Gasteiger partial charge in [0, 0.05) is 24.8 Å². The van der Waals surface area contributed by atoms with E-state index >= 15 is 0 Å². The van der Waals surface area contributed by atoms with Crippen molar-refractivity contribution in [2.24, 2.45) is 5.73 Å². The molecule has 1 aromatic carbocycles. The van der Waals surface area contributed by atoms with E-state index in [1.807, 2.05) is 11.8 Å². The second-order valence-electron chi connectivity index (χ2n) is 5.73. The van der Waals surface area contributed by atoms with Crippen LogP contribution in [-0.4, -0.2) is 31.1 Å². The lowest BCUT2D eigenvalue weighted by molar-refractivity contribution is 0.645. The largest absolute Gasteiger partial charge is 0.372 e. The van der Waals surface area contributed by atoms with Gasteiger partial charge in [-0.3, -0.25) is 0 Å². The SMILES string of the molecule is CCC(N)Cc1ccc(N(C)C(C)CCSC)c(C)c1. The summed E-state index contributed by atoms with van der Waals surface area (Å²) in [5, 5.41) is 0. The van der Waals surface area contributed by atoms with Crippen LogP contribution < -0.4 is 10.6 Å². The fraction of sp³-hybridized carbons (Fsp3) is 0.647. The van der Waals surface area contributed by atoms with E-state index in [-0.39, 0.29) is 6.04 Å². The molecule has 0 heterocycles. The number of rotatable bonds is 8. The molecule has 0 radical (unpaired) electrons. The topological polar surface area (TPSA) is 29.3 Å². The first-order valence-electron chi connectivity index (χ1n) is 7.56. The molecule has 2 unspecified atom stereocenters. The van der Waals surface area contributed by atoms with E-state index in [2.05, 4.69) is 57.2 Å². The number of aryl methyl sites for hydroxylation is 1. The van der Waals surface area contributed by atoms with E-state index < -0.39 is 0 Å². The van der Waals surface area contributed by atoms with Crippen molar-refractivity contribution in [3.05, 3.63) is 29.3 Å². The number of nitrogens with two attached hydrogens (primary N) is 1. The molecule has 1 aromatic rings. The van der Waals surface area contributed by atoms with Crippen LogP contribution in [0, 0.1) is 6.92 Å². The first kappa shape index (κ1) is 17.4. The predicted molar refractivity (Wildman–Crippen MR) is 94.0 cm³/mol. The van der Waals surface area contributed by atoms with Gasteiger partial charge in [0.2, 0.25) is 0 Å². The Morgan fingerprint density at radius 1 is 1.35 bits per heavy atom. The Bertz CT molecular complexity index is 406. The van der Waals surface area contributed by atoms with E-state index in [0.717, 1.165) is 12.8 Å². The van der Waals surface area contributed by atoms with E-state index in [1.165, 1.54) is 29.0 Å². The molecule has 3 heteroatoms. The zero-order valence-corrected chi connectivity index (χ0v) is 14.5. The zero-order valence-electron chi connectivity index (χ0n) is 13.6. The van der Waals surface area contributed by atoms with Crippen molar-refractivity contribution in [2.75, 3.05) is 24.0 Å². The fourth-order valence-corrected chi connectivity index (χ4v) is 2.98. The van der Waals surface area contributed by atoms with E-state index in [0.29, 0.717) is 6.04 Å². The monoisotopic (exact) mass is 294 g/mol. The highest BCUT2D eigenvalue weighted by Crippen LogP contribution is 2.24. The Kier molecular flexibility index (Phi) is 7.46. The first-order chi connectivity index (χ1) is 9.49. The van der Waals surface area contributed by atoms with Crippen LogP contribution in [0.25, 0.3) is 0 Å². The maximum atomic E-state index is 6.04. The first-order valence-corrected chi connectivity index (χ1v) is 8.95. The summed E-state index contributed by atoms with van der Waals surface area (Å²) < 4.78 is 0. The predicted octanol–water partition coefficient (Wildman–Crippen LogP) is 3.85. The van der Waals surface area contributed by atoms with Crippen molar-refractivity contribution in [1.29, 1.82) is 0 Å². The van der Waals surface area contributed by atoms with Crippen LogP contribution in [0.15, 0.2) is 18.2 Å². The van der Waals surface area contributed by atoms with E-state index in [9.17, 15) is 0 Å². The molecule has 114 valence electrons. The summed E-state index contributed by atoms with van der Waals surface area (Å²) in [7, 11) is 2.20. The third-order valence-electron chi connectivity index (χ3n) is 4.06. The number of hydrogen-bond acceptors (Lipinski definition) is 3. The van der Waals surface area contributed by atoms with Gasteiger partial charge in [-0.1, -0.05) is 19.1 Å². The third-order valence-corrected chi connectivity index (χ3v) is 4.71. The summed E-state index contributed by atoms with van der Waals surface area (Å²) in [6, 6.07) is 7.63. The molecule has 2 atom stereocenters. The molecular weight excluding hydrogens is 264 g/mol. The Morgan fingerprint density at radius 2 is 2.05 bits per heavy atom. The summed E-state index contributed by atoms with van der Waals surface area (Å²) in [6.45, 7) is 6.65. The van der Waals surface area contributed by atoms with Gasteiger partial charge in [-0.05, 0) is 62.3 Å². The molecule has 0 spiro atoms. The molecule has 0 bridgehead atoms. The minimum absolute atomic E-state index is 0.276. The maximum absolute atomic E-state index is 6.04. The van der Waals surface area contributed by atoms with Crippen LogP contribution >= 0.6 is 11.8 Å². The number of nitrogens with zero attached hydrogens (tertiary/aromatic N) is 1. The second-order valence-corrected chi connectivity index (χ2v) is 6.72. The molecule has 0 aliphatic rings. The average Bonchev–Trinajstić information content (AvgIpc) is 2.44. The number of benzene rings is 1. The maximum Gasteiger partial charge on any atom is 0.0395 e. The lowest BCUT2D eigenvalue weighted by Crippen LogP contribution is -2.30. The zero-order chi connectivity index (χ0) is 15.1. The number of anilines is 1. The average molecular weight is 295 g/mol. The van der Waals surface area contributed by atoms with Gasteiger partial charge in [-0.15, -0.1) is 0 Å². The lowest BCUT2D eigenvalue weighted by atomic mass is 10.0. The second kappa shape index (κ2) is 8.58. The van der Waals surface area contributed by atoms with E-state index in [4.69, 9.17) is 5.73 Å². The smallest absolute Gasteiger partial charge is 0.0395 e. The van der Waals surface area contributed by atoms with Crippen LogP contribution in [0.2, 0.25) is 0 Å². The molecule has 0 saturated heterocycles. The molecule has 0 aliphatic heterocycles. The minimum atomic E-state index is 0.276. The summed E-state index contributed by atoms with van der Waals surface area (Å²) >= 11 is 1.92. The molecule has 0 saturated carbocycles. The fourth-order valence-electron chi connectivity index (χ4n) is 2.41. The standard InChI is InChI=1S/C17H30N2S/c1-6-16(18)12-15-7-8-17(13(2)11-15)19(4)14(3)9-10-20-5/h7-8,11,14,16H,6,9-10,12,18H2,1-5H3. The van der Waals surface area contributed by atoms with Gasteiger partial charge in [-0.2, -0.15) is 11.8 Å². The Labute approximate surface area is 129 Å². The van der Waals surface area contributed by atoms with Crippen LogP contribution in [-0.2, 0) is 6.42 Å². The van der Waals surface area contributed by atoms with Gasteiger partial charge in [-0.25, -0.2) is 0 Å². The van der Waals surface area contributed by atoms with Crippen molar-refractivity contribution < 1.29 is 0 Å². The summed E-state index contributed by atoms with van der Waals surface area (Å²) in [6.07, 6.45) is 5.40. The van der Waals surface area contributed by atoms with Crippen molar-refractivity contribution in [1.82, 2.24) is 0 Å². The van der Waals surface area contributed by atoms with Gasteiger partial charge in [0.05, 0.1) is 0 Å². The van der Waals surface area contributed by atoms with Crippen LogP contribution in [0.3, 0.4) is 0 Å². The van der Waals surface area contributed by atoms with Gasteiger partial charge in [0.25, 0.3) is 0 Å². The van der Waals surface area contributed by atoms with Gasteiger partial charge < -0.3 is 10.6 Å². The number of hydrogen-bond donors (Lipinski definition) is 1. The highest BCUT2D eigenvalue weighted by Gasteiger charge is 2.12. The van der Waals surface area contributed by atoms with Crippen molar-refractivity contribution in [2.45, 2.75) is 52.1 Å². The lowest BCUT2D eigenvalue weighted by Gasteiger charge is -2.29. The summed E-state index contributed by atoms with van der Waals surface area (Å²) in [5.74, 6) is 1.22. The number of thioether (sulfide) groups is 1. The Hall–Kier alpha value is -0.670. The molecular formula is C17H30N2S. The third kappa shape index (κ3) is 5.02. The van der Waals surface area contributed by atoms with E-state index in [1.54, 1.807) is 0 Å². The van der Waals surface area contributed by atoms with Gasteiger partial charge in [0.1, 0.15) is 0 Å². The van der Waals surface area contributed by atoms with Crippen LogP contribution in [0.1, 0.15) is 37.8 Å². The minimum Gasteiger partial charge on any atom is -0.372 e. The molecule has 20 heavy (non-hydrogen) atoms. The molecule has 2 nitrogen and oxygen atoms in total. The van der Waals surface area contributed by atoms with Gasteiger partial charge >= 0.3 is 0 Å². The molecule has 2 N–H and O–H groups in total. The van der Waals surface area contributed by atoms with Crippen molar-refractivity contribution >= 4 is 17.4 Å². The quantitative estimate of drug-likeness (QED) is 0.789.